The van der Waals surface area contributed by atoms with Crippen LogP contribution < -0.4 is 4.74 Å². The first-order chi connectivity index (χ1) is 12.7. The van der Waals surface area contributed by atoms with Gasteiger partial charge >= 0.3 is 0 Å². The lowest BCUT2D eigenvalue weighted by atomic mass is 10.1. The maximum atomic E-state index is 12.3. The molecule has 0 amide bonds. The summed E-state index contributed by atoms with van der Waals surface area (Å²) in [6.45, 7) is 0.0385. The third kappa shape index (κ3) is 4.97. The Bertz CT molecular complexity index is 849. The Labute approximate surface area is 151 Å². The average Bonchev–Trinajstić information content (AvgIpc) is 3.15. The number of aromatic nitrogens is 3. The van der Waals surface area contributed by atoms with Crippen molar-refractivity contribution in [3.05, 3.63) is 71.5 Å². The number of benzene rings is 1. The van der Waals surface area contributed by atoms with Crippen molar-refractivity contribution in [2.75, 3.05) is 13.9 Å². The molecule has 0 aliphatic rings. The van der Waals surface area contributed by atoms with Gasteiger partial charge in [0.25, 0.3) is 5.88 Å². The van der Waals surface area contributed by atoms with E-state index in [1.165, 1.54) is 25.1 Å². The van der Waals surface area contributed by atoms with Gasteiger partial charge in [0.05, 0.1) is 18.2 Å². The first-order valence-electron chi connectivity index (χ1n) is 8.20. The van der Waals surface area contributed by atoms with Crippen molar-refractivity contribution < 1.29 is 18.8 Å². The highest BCUT2D eigenvalue weighted by atomic mass is 16.7. The zero-order valence-corrected chi connectivity index (χ0v) is 14.4. The lowest BCUT2D eigenvalue weighted by Gasteiger charge is -2.03. The topological polar surface area (TPSA) is 87.3 Å². The van der Waals surface area contributed by atoms with Crippen LogP contribution in [0.3, 0.4) is 0 Å². The monoisotopic (exact) mass is 353 g/mol. The molecule has 0 unspecified atom stereocenters. The molecule has 0 N–H and O–H groups in total. The van der Waals surface area contributed by atoms with Gasteiger partial charge in [-0.2, -0.15) is 0 Å². The summed E-state index contributed by atoms with van der Waals surface area (Å²) in [6, 6.07) is 13.5. The summed E-state index contributed by atoms with van der Waals surface area (Å²) in [5.41, 5.74) is 2.78. The highest BCUT2D eigenvalue weighted by Gasteiger charge is 2.15. The fourth-order valence-corrected chi connectivity index (χ4v) is 2.42. The summed E-state index contributed by atoms with van der Waals surface area (Å²) in [5, 5.41) is 3.67. The van der Waals surface area contributed by atoms with Crippen molar-refractivity contribution >= 4 is 5.78 Å². The smallest absolute Gasteiger partial charge is 0.256 e. The van der Waals surface area contributed by atoms with Crippen LogP contribution in [0.25, 0.3) is 0 Å². The van der Waals surface area contributed by atoms with Crippen molar-refractivity contribution in [2.24, 2.45) is 0 Å². The van der Waals surface area contributed by atoms with Gasteiger partial charge in [0, 0.05) is 12.8 Å². The third-order valence-corrected chi connectivity index (χ3v) is 3.72. The minimum Gasteiger partial charge on any atom is -0.448 e. The van der Waals surface area contributed by atoms with Crippen LogP contribution in [0, 0.1) is 0 Å². The lowest BCUT2D eigenvalue weighted by molar-refractivity contribution is 0.0453. The van der Waals surface area contributed by atoms with Crippen molar-refractivity contribution in [2.45, 2.75) is 19.3 Å². The average molecular weight is 353 g/mol. The van der Waals surface area contributed by atoms with Crippen LogP contribution in [-0.4, -0.2) is 34.8 Å². The first kappa shape index (κ1) is 17.8. The Balaban J connectivity index is 1.59. The SMILES string of the molecule is COCOc1cc(C(=O)Cc2cc(CCc3ccccc3)ncn2)on1. The molecular formula is C19H19N3O4. The minimum atomic E-state index is -0.225. The molecule has 2 aromatic heterocycles. The molecular weight excluding hydrogens is 334 g/mol. The van der Waals surface area contributed by atoms with Gasteiger partial charge in [0.15, 0.2) is 6.79 Å². The number of methoxy groups -OCH3 is 1. The summed E-state index contributed by atoms with van der Waals surface area (Å²) in [6.07, 6.45) is 3.26. The number of hydrogen-bond donors (Lipinski definition) is 0. The van der Waals surface area contributed by atoms with Crippen LogP contribution in [0.5, 0.6) is 5.88 Å². The molecule has 0 aliphatic carbocycles. The molecule has 134 valence electrons. The molecule has 3 aromatic rings. The second kappa shape index (κ2) is 8.87. The summed E-state index contributed by atoms with van der Waals surface area (Å²) >= 11 is 0. The standard InChI is InChI=1S/C19H19N3O4/c1-24-13-25-19-11-18(26-22-19)17(23)10-16-9-15(20-12-21-16)8-7-14-5-3-2-4-6-14/h2-6,9,11-12H,7-8,10,13H2,1H3. The van der Waals surface area contributed by atoms with Gasteiger partial charge in [-0.1, -0.05) is 30.3 Å². The Kier molecular flexibility index (Phi) is 6.05. The molecule has 0 radical (unpaired) electrons. The number of carbonyl (C=O) groups is 1. The van der Waals surface area contributed by atoms with E-state index in [0.29, 0.717) is 5.69 Å². The molecule has 0 spiro atoms. The Morgan fingerprint density at radius 1 is 1.08 bits per heavy atom. The predicted octanol–water partition coefficient (Wildman–Crippen LogP) is 2.66. The fourth-order valence-electron chi connectivity index (χ4n) is 2.42. The van der Waals surface area contributed by atoms with Gasteiger partial charge in [0.2, 0.25) is 11.5 Å². The number of aryl methyl sites for hydroxylation is 2. The number of carbonyl (C=O) groups excluding carboxylic acids is 1. The highest BCUT2D eigenvalue weighted by molar-refractivity contribution is 5.94. The van der Waals surface area contributed by atoms with Gasteiger partial charge in [-0.3, -0.25) is 4.79 Å². The summed E-state index contributed by atoms with van der Waals surface area (Å²) in [5.74, 6) is 0.111. The Morgan fingerprint density at radius 2 is 1.88 bits per heavy atom. The number of ether oxygens (including phenoxy) is 2. The first-order valence-corrected chi connectivity index (χ1v) is 8.20. The highest BCUT2D eigenvalue weighted by Crippen LogP contribution is 2.14. The van der Waals surface area contributed by atoms with E-state index in [4.69, 9.17) is 14.0 Å². The number of ketones is 1. The predicted molar refractivity (Wildman–Crippen MR) is 92.9 cm³/mol. The van der Waals surface area contributed by atoms with Crippen molar-refractivity contribution in [3.63, 3.8) is 0 Å². The summed E-state index contributed by atoms with van der Waals surface area (Å²) in [7, 11) is 1.50. The number of Topliss-reactive ketones (excluding diaryl/α,β-unsaturated/α-hetero) is 1. The van der Waals surface area contributed by atoms with Crippen molar-refractivity contribution in [3.8, 4) is 5.88 Å². The molecule has 0 aliphatic heterocycles. The molecule has 0 saturated heterocycles. The molecule has 26 heavy (non-hydrogen) atoms. The molecule has 0 bridgehead atoms. The van der Waals surface area contributed by atoms with Crippen LogP contribution in [-0.2, 0) is 24.0 Å². The summed E-state index contributed by atoms with van der Waals surface area (Å²) in [4.78, 5) is 20.8. The quantitative estimate of drug-likeness (QED) is 0.432. The Hall–Kier alpha value is -3.06. The van der Waals surface area contributed by atoms with Gasteiger partial charge < -0.3 is 14.0 Å². The summed E-state index contributed by atoms with van der Waals surface area (Å²) < 4.78 is 14.9. The second-order valence-electron chi connectivity index (χ2n) is 5.67. The van der Waals surface area contributed by atoms with Gasteiger partial charge in [-0.15, -0.1) is 0 Å². The maximum Gasteiger partial charge on any atom is 0.256 e. The largest absolute Gasteiger partial charge is 0.448 e. The van der Waals surface area contributed by atoms with E-state index in [1.807, 2.05) is 24.3 Å². The second-order valence-corrected chi connectivity index (χ2v) is 5.67. The van der Waals surface area contributed by atoms with Gasteiger partial charge in [-0.05, 0) is 29.6 Å². The number of rotatable bonds is 9. The maximum absolute atomic E-state index is 12.3. The normalized spacial score (nSPS) is 10.7. The molecule has 0 saturated carbocycles. The molecule has 3 rings (SSSR count). The van der Waals surface area contributed by atoms with Gasteiger partial charge in [-0.25, -0.2) is 9.97 Å². The molecule has 7 heteroatoms. The van der Waals surface area contributed by atoms with E-state index in [-0.39, 0.29) is 30.6 Å². The van der Waals surface area contributed by atoms with E-state index in [1.54, 1.807) is 0 Å². The minimum absolute atomic E-state index is 0.0385. The molecule has 0 fully saturated rings. The molecule has 1 aromatic carbocycles. The zero-order valence-electron chi connectivity index (χ0n) is 14.4. The van der Waals surface area contributed by atoms with Crippen LogP contribution in [0.2, 0.25) is 0 Å². The van der Waals surface area contributed by atoms with E-state index >= 15 is 0 Å². The van der Waals surface area contributed by atoms with Crippen LogP contribution in [0.1, 0.15) is 27.5 Å². The van der Waals surface area contributed by atoms with Crippen LogP contribution in [0.4, 0.5) is 0 Å². The lowest BCUT2D eigenvalue weighted by Crippen LogP contribution is -2.06. The van der Waals surface area contributed by atoms with E-state index in [2.05, 4.69) is 27.3 Å². The zero-order chi connectivity index (χ0) is 18.2. The Morgan fingerprint density at radius 3 is 2.69 bits per heavy atom. The number of nitrogens with zero attached hydrogens (tertiary/aromatic N) is 3. The number of hydrogen-bond acceptors (Lipinski definition) is 7. The van der Waals surface area contributed by atoms with Crippen LogP contribution in [0.15, 0.2) is 53.3 Å². The van der Waals surface area contributed by atoms with Crippen molar-refractivity contribution in [1.29, 1.82) is 0 Å². The van der Waals surface area contributed by atoms with E-state index in [0.717, 1.165) is 18.5 Å². The third-order valence-electron chi connectivity index (χ3n) is 3.72. The van der Waals surface area contributed by atoms with E-state index in [9.17, 15) is 4.79 Å². The van der Waals surface area contributed by atoms with E-state index < -0.39 is 0 Å². The molecule has 2 heterocycles. The fraction of sp³-hybridized carbons (Fsp3) is 0.263. The molecule has 7 nitrogen and oxygen atoms in total. The van der Waals surface area contributed by atoms with Crippen molar-refractivity contribution in [1.82, 2.24) is 15.1 Å². The van der Waals surface area contributed by atoms with Crippen LogP contribution >= 0.6 is 0 Å². The molecule has 0 atom stereocenters. The van der Waals surface area contributed by atoms with Gasteiger partial charge in [0.1, 0.15) is 6.33 Å².